The quantitative estimate of drug-likeness (QED) is 0.876. The van der Waals surface area contributed by atoms with Crippen molar-refractivity contribution in [2.75, 3.05) is 13.1 Å². The van der Waals surface area contributed by atoms with Crippen molar-refractivity contribution in [3.8, 4) is 0 Å². The number of sulfonamides is 1. The van der Waals surface area contributed by atoms with Gasteiger partial charge in [-0.15, -0.1) is 12.4 Å². The second kappa shape index (κ2) is 5.92. The summed E-state index contributed by atoms with van der Waals surface area (Å²) in [6.45, 7) is 1.20. The largest absolute Gasteiger partial charge is 0.315 e. The van der Waals surface area contributed by atoms with Gasteiger partial charge in [0, 0.05) is 12.6 Å². The van der Waals surface area contributed by atoms with E-state index in [1.165, 1.54) is 6.07 Å². The molecule has 2 N–H and O–H groups in total. The Morgan fingerprint density at radius 3 is 2.67 bits per heavy atom. The molecule has 1 fully saturated rings. The Hall–Kier alpha value is -0.760. The molecule has 1 aliphatic rings. The molecule has 1 aromatic rings. The first-order chi connectivity index (χ1) is 8.00. The second-order valence-electron chi connectivity index (χ2n) is 3.86. The van der Waals surface area contributed by atoms with Gasteiger partial charge < -0.3 is 5.32 Å². The summed E-state index contributed by atoms with van der Waals surface area (Å²) in [6, 6.07) is 2.82. The lowest BCUT2D eigenvalue weighted by molar-refractivity contribution is 0.481. The molecule has 0 aliphatic carbocycles. The van der Waals surface area contributed by atoms with Crippen LogP contribution in [0.5, 0.6) is 0 Å². The number of benzene rings is 1. The summed E-state index contributed by atoms with van der Waals surface area (Å²) in [5.41, 5.74) is 0. The SMILES string of the molecule is Cl.O=S(=O)(NC1CCNC1)c1cccc(F)c1F. The van der Waals surface area contributed by atoms with Gasteiger partial charge in [-0.2, -0.15) is 0 Å². The average Bonchev–Trinajstić information content (AvgIpc) is 2.73. The summed E-state index contributed by atoms with van der Waals surface area (Å²) in [5, 5.41) is 2.98. The van der Waals surface area contributed by atoms with Crippen molar-refractivity contribution < 1.29 is 17.2 Å². The highest BCUT2D eigenvalue weighted by molar-refractivity contribution is 7.89. The van der Waals surface area contributed by atoms with E-state index in [4.69, 9.17) is 0 Å². The minimum absolute atomic E-state index is 0. The van der Waals surface area contributed by atoms with E-state index in [1.54, 1.807) is 0 Å². The van der Waals surface area contributed by atoms with E-state index in [0.29, 0.717) is 19.5 Å². The monoisotopic (exact) mass is 298 g/mol. The Balaban J connectivity index is 0.00000162. The van der Waals surface area contributed by atoms with Crippen LogP contribution < -0.4 is 10.0 Å². The standard InChI is InChI=1S/C10H12F2N2O2S.ClH/c11-8-2-1-3-9(10(8)12)17(15,16)14-7-4-5-13-6-7;/h1-3,7,13-14H,4-6H2;1H. The second-order valence-corrected chi connectivity index (χ2v) is 5.55. The van der Waals surface area contributed by atoms with Crippen LogP contribution in [0.15, 0.2) is 23.1 Å². The van der Waals surface area contributed by atoms with Crippen LogP contribution in [0.1, 0.15) is 6.42 Å². The van der Waals surface area contributed by atoms with Crippen molar-refractivity contribution in [2.24, 2.45) is 0 Å². The molecular formula is C10H13ClF2N2O2S. The van der Waals surface area contributed by atoms with Crippen LogP contribution in [-0.2, 0) is 10.0 Å². The summed E-state index contributed by atoms with van der Waals surface area (Å²) in [5.74, 6) is -2.51. The number of nitrogens with one attached hydrogen (secondary N) is 2. The minimum Gasteiger partial charge on any atom is -0.315 e. The minimum atomic E-state index is -4.00. The number of rotatable bonds is 3. The maximum Gasteiger partial charge on any atom is 0.243 e. The summed E-state index contributed by atoms with van der Waals surface area (Å²) >= 11 is 0. The van der Waals surface area contributed by atoms with Gasteiger partial charge >= 0.3 is 0 Å². The highest BCUT2D eigenvalue weighted by atomic mass is 35.5. The highest BCUT2D eigenvalue weighted by Crippen LogP contribution is 2.17. The number of hydrogen-bond donors (Lipinski definition) is 2. The molecule has 0 aromatic heterocycles. The Morgan fingerprint density at radius 2 is 2.06 bits per heavy atom. The summed E-state index contributed by atoms with van der Waals surface area (Å²) in [4.78, 5) is -0.649. The topological polar surface area (TPSA) is 58.2 Å². The smallest absolute Gasteiger partial charge is 0.243 e. The van der Waals surface area contributed by atoms with Gasteiger partial charge in [0.25, 0.3) is 0 Å². The molecule has 18 heavy (non-hydrogen) atoms. The first-order valence-corrected chi connectivity index (χ1v) is 6.66. The lowest BCUT2D eigenvalue weighted by Gasteiger charge is -2.12. The molecule has 1 heterocycles. The first-order valence-electron chi connectivity index (χ1n) is 5.18. The zero-order valence-electron chi connectivity index (χ0n) is 9.32. The zero-order valence-corrected chi connectivity index (χ0v) is 11.0. The first kappa shape index (κ1) is 15.3. The van der Waals surface area contributed by atoms with Gasteiger partial charge in [-0.25, -0.2) is 21.9 Å². The Bertz CT molecular complexity index is 519. The lowest BCUT2D eigenvalue weighted by atomic mass is 10.3. The van der Waals surface area contributed by atoms with Crippen LogP contribution in [0, 0.1) is 11.6 Å². The molecule has 0 radical (unpaired) electrons. The third kappa shape index (κ3) is 3.17. The third-order valence-electron chi connectivity index (χ3n) is 2.59. The molecule has 102 valence electrons. The molecule has 2 rings (SSSR count). The van der Waals surface area contributed by atoms with Crippen molar-refractivity contribution in [3.05, 3.63) is 29.8 Å². The molecule has 1 saturated heterocycles. The Kier molecular flexibility index (Phi) is 5.03. The predicted octanol–water partition coefficient (Wildman–Crippen LogP) is 1.03. The molecule has 1 aromatic carbocycles. The van der Waals surface area contributed by atoms with Gasteiger partial charge in [-0.3, -0.25) is 0 Å². The molecule has 0 spiro atoms. The average molecular weight is 299 g/mol. The van der Waals surface area contributed by atoms with Crippen molar-refractivity contribution in [2.45, 2.75) is 17.4 Å². The normalized spacial score (nSPS) is 19.6. The molecule has 0 bridgehead atoms. The predicted molar refractivity (Wildman–Crippen MR) is 65.2 cm³/mol. The van der Waals surface area contributed by atoms with Gasteiger partial charge in [0.1, 0.15) is 4.90 Å². The fourth-order valence-electron chi connectivity index (χ4n) is 1.73. The van der Waals surface area contributed by atoms with E-state index >= 15 is 0 Å². The van der Waals surface area contributed by atoms with Crippen molar-refractivity contribution >= 4 is 22.4 Å². The molecule has 0 saturated carbocycles. The van der Waals surface area contributed by atoms with Gasteiger partial charge in [0.05, 0.1) is 0 Å². The van der Waals surface area contributed by atoms with E-state index < -0.39 is 26.6 Å². The van der Waals surface area contributed by atoms with E-state index in [9.17, 15) is 17.2 Å². The fraction of sp³-hybridized carbons (Fsp3) is 0.400. The summed E-state index contributed by atoms with van der Waals surface area (Å²) < 4.78 is 52.3. The van der Waals surface area contributed by atoms with Crippen LogP contribution >= 0.6 is 12.4 Å². The molecule has 1 atom stereocenters. The van der Waals surface area contributed by atoms with E-state index in [1.807, 2.05) is 0 Å². The van der Waals surface area contributed by atoms with Crippen molar-refractivity contribution in [1.82, 2.24) is 10.0 Å². The van der Waals surface area contributed by atoms with E-state index in [-0.39, 0.29) is 18.4 Å². The Morgan fingerprint density at radius 1 is 1.33 bits per heavy atom. The molecule has 1 aliphatic heterocycles. The van der Waals surface area contributed by atoms with Gasteiger partial charge in [-0.1, -0.05) is 6.07 Å². The van der Waals surface area contributed by atoms with Gasteiger partial charge in [-0.05, 0) is 25.1 Å². The molecule has 4 nitrogen and oxygen atoms in total. The molecule has 0 amide bonds. The zero-order chi connectivity index (χ0) is 12.5. The van der Waals surface area contributed by atoms with Crippen LogP contribution in [0.3, 0.4) is 0 Å². The maximum absolute atomic E-state index is 13.4. The van der Waals surface area contributed by atoms with Crippen molar-refractivity contribution in [1.29, 1.82) is 0 Å². The van der Waals surface area contributed by atoms with Crippen LogP contribution in [0.2, 0.25) is 0 Å². The maximum atomic E-state index is 13.4. The van der Waals surface area contributed by atoms with Crippen molar-refractivity contribution in [3.63, 3.8) is 0 Å². The molecule has 8 heteroatoms. The number of halogens is 3. The van der Waals surface area contributed by atoms with E-state index in [0.717, 1.165) is 12.1 Å². The van der Waals surface area contributed by atoms with Gasteiger partial charge in [0.15, 0.2) is 11.6 Å². The fourth-order valence-corrected chi connectivity index (χ4v) is 3.09. The van der Waals surface area contributed by atoms with Crippen LogP contribution in [-0.4, -0.2) is 27.5 Å². The third-order valence-corrected chi connectivity index (χ3v) is 4.13. The van der Waals surface area contributed by atoms with Crippen LogP contribution in [0.4, 0.5) is 8.78 Å². The summed E-state index contributed by atoms with van der Waals surface area (Å²) in [7, 11) is -4.00. The number of hydrogen-bond acceptors (Lipinski definition) is 3. The Labute approximate surface area is 110 Å². The van der Waals surface area contributed by atoms with Crippen LogP contribution in [0.25, 0.3) is 0 Å². The highest BCUT2D eigenvalue weighted by Gasteiger charge is 2.26. The molecular weight excluding hydrogens is 286 g/mol. The lowest BCUT2D eigenvalue weighted by Crippen LogP contribution is -2.36. The summed E-state index contributed by atoms with van der Waals surface area (Å²) in [6.07, 6.45) is 0.635. The molecule has 1 unspecified atom stereocenters. The van der Waals surface area contributed by atoms with E-state index in [2.05, 4.69) is 10.0 Å². The van der Waals surface area contributed by atoms with Gasteiger partial charge in [0.2, 0.25) is 10.0 Å².